The normalized spacial score (nSPS) is 11.4. The van der Waals surface area contributed by atoms with Gasteiger partial charge in [0.2, 0.25) is 0 Å². The van der Waals surface area contributed by atoms with Crippen molar-refractivity contribution in [1.29, 1.82) is 0 Å². The highest BCUT2D eigenvalue weighted by atomic mass is 19.1. The lowest BCUT2D eigenvalue weighted by Crippen LogP contribution is -2.13. The Morgan fingerprint density at radius 2 is 2.05 bits per heavy atom. The summed E-state index contributed by atoms with van der Waals surface area (Å²) >= 11 is 0. The van der Waals surface area contributed by atoms with E-state index < -0.39 is 0 Å². The lowest BCUT2D eigenvalue weighted by Gasteiger charge is -2.11. The summed E-state index contributed by atoms with van der Waals surface area (Å²) in [4.78, 5) is 0. The highest BCUT2D eigenvalue weighted by Crippen LogP contribution is 2.19. The second kappa shape index (κ2) is 6.06. The van der Waals surface area contributed by atoms with Gasteiger partial charge in [-0.05, 0) is 30.2 Å². The first-order chi connectivity index (χ1) is 9.61. The monoisotopic (exact) mass is 273 g/mol. The van der Waals surface area contributed by atoms with Crippen LogP contribution in [0.5, 0.6) is 0 Å². The summed E-state index contributed by atoms with van der Waals surface area (Å²) in [6.45, 7) is 2.30. The maximum Gasteiger partial charge on any atom is 0.170 e. The van der Waals surface area contributed by atoms with E-state index >= 15 is 0 Å². The average molecular weight is 273 g/mol. The van der Waals surface area contributed by atoms with Gasteiger partial charge >= 0.3 is 0 Å². The summed E-state index contributed by atoms with van der Waals surface area (Å²) in [7, 11) is 0. The summed E-state index contributed by atoms with van der Waals surface area (Å²) in [6, 6.07) is 12.2. The van der Waals surface area contributed by atoms with E-state index in [9.17, 15) is 4.39 Å². The Labute approximate surface area is 116 Å². The minimum Gasteiger partial charge on any atom is -0.409 e. The number of hydrogen-bond donors (Lipinski definition) is 3. The Morgan fingerprint density at radius 3 is 2.75 bits per heavy atom. The molecule has 0 spiro atoms. The van der Waals surface area contributed by atoms with Gasteiger partial charge in [-0.2, -0.15) is 0 Å². The average Bonchev–Trinajstić information content (AvgIpc) is 2.46. The molecule has 5 heteroatoms. The molecule has 0 radical (unpaired) electrons. The summed E-state index contributed by atoms with van der Waals surface area (Å²) in [5.74, 6) is -0.230. The molecule has 2 aromatic carbocycles. The minimum atomic E-state index is -0.280. The fourth-order valence-corrected chi connectivity index (χ4v) is 1.94. The van der Waals surface area contributed by atoms with Gasteiger partial charge in [0.15, 0.2) is 5.84 Å². The number of nitrogens with zero attached hydrogens (tertiary/aromatic N) is 1. The molecule has 0 saturated heterocycles. The molecule has 4 nitrogen and oxygen atoms in total. The summed E-state index contributed by atoms with van der Waals surface area (Å²) < 4.78 is 13.7. The lowest BCUT2D eigenvalue weighted by atomic mass is 10.1. The van der Waals surface area contributed by atoms with Gasteiger partial charge in [0.25, 0.3) is 0 Å². The molecule has 0 bridgehead atoms. The molecule has 0 aliphatic rings. The van der Waals surface area contributed by atoms with Crippen LogP contribution in [0.3, 0.4) is 0 Å². The van der Waals surface area contributed by atoms with E-state index in [1.807, 2.05) is 19.1 Å². The van der Waals surface area contributed by atoms with Crippen molar-refractivity contribution in [3.05, 3.63) is 65.0 Å². The molecule has 0 aromatic heterocycles. The molecule has 0 aliphatic carbocycles. The molecular formula is C15H16FN3O. The van der Waals surface area contributed by atoms with Crippen molar-refractivity contribution in [1.82, 2.24) is 0 Å². The number of benzene rings is 2. The van der Waals surface area contributed by atoms with Crippen LogP contribution < -0.4 is 11.1 Å². The number of hydrogen-bond acceptors (Lipinski definition) is 3. The third-order valence-electron chi connectivity index (χ3n) is 3.02. The van der Waals surface area contributed by atoms with Gasteiger partial charge in [-0.15, -0.1) is 0 Å². The van der Waals surface area contributed by atoms with Crippen LogP contribution in [0.15, 0.2) is 47.6 Å². The number of amidine groups is 1. The summed E-state index contributed by atoms with van der Waals surface area (Å²) in [5, 5.41) is 14.7. The van der Waals surface area contributed by atoms with Crippen molar-refractivity contribution < 1.29 is 9.60 Å². The number of rotatable bonds is 4. The van der Waals surface area contributed by atoms with Crippen LogP contribution in [-0.2, 0) is 6.54 Å². The van der Waals surface area contributed by atoms with E-state index in [1.54, 1.807) is 24.3 Å². The van der Waals surface area contributed by atoms with Crippen LogP contribution in [0.4, 0.5) is 10.1 Å². The third-order valence-corrected chi connectivity index (χ3v) is 3.02. The highest BCUT2D eigenvalue weighted by Gasteiger charge is 2.05. The SMILES string of the molecule is Cc1cccc(F)c1NCc1cccc(/C(N)=N/O)c1. The van der Waals surface area contributed by atoms with E-state index in [0.717, 1.165) is 11.1 Å². The van der Waals surface area contributed by atoms with Crippen molar-refractivity contribution >= 4 is 11.5 Å². The van der Waals surface area contributed by atoms with E-state index in [0.29, 0.717) is 17.8 Å². The number of para-hydroxylation sites is 1. The van der Waals surface area contributed by atoms with Gasteiger partial charge in [-0.3, -0.25) is 0 Å². The molecule has 0 atom stereocenters. The molecular weight excluding hydrogens is 257 g/mol. The van der Waals surface area contributed by atoms with Crippen LogP contribution in [0, 0.1) is 12.7 Å². The number of halogens is 1. The van der Waals surface area contributed by atoms with Crippen LogP contribution in [0.25, 0.3) is 0 Å². The van der Waals surface area contributed by atoms with Crippen molar-refractivity contribution in [2.45, 2.75) is 13.5 Å². The van der Waals surface area contributed by atoms with Crippen molar-refractivity contribution in [2.24, 2.45) is 10.9 Å². The van der Waals surface area contributed by atoms with E-state index in [1.165, 1.54) is 6.07 Å². The van der Waals surface area contributed by atoms with Gasteiger partial charge in [0.05, 0.1) is 5.69 Å². The van der Waals surface area contributed by atoms with Gasteiger partial charge in [0, 0.05) is 12.1 Å². The molecule has 0 heterocycles. The number of nitrogens with one attached hydrogen (secondary N) is 1. The van der Waals surface area contributed by atoms with Crippen LogP contribution in [0.2, 0.25) is 0 Å². The maximum absolute atomic E-state index is 13.7. The second-order valence-electron chi connectivity index (χ2n) is 4.47. The molecule has 0 amide bonds. The van der Waals surface area contributed by atoms with E-state index in [4.69, 9.17) is 10.9 Å². The zero-order chi connectivity index (χ0) is 14.5. The predicted molar refractivity (Wildman–Crippen MR) is 77.4 cm³/mol. The number of nitrogens with two attached hydrogens (primary N) is 1. The highest BCUT2D eigenvalue weighted by molar-refractivity contribution is 5.97. The number of aryl methyl sites for hydroxylation is 1. The van der Waals surface area contributed by atoms with Gasteiger partial charge in [-0.1, -0.05) is 35.5 Å². The molecule has 0 aliphatic heterocycles. The van der Waals surface area contributed by atoms with Crippen molar-refractivity contribution in [3.63, 3.8) is 0 Å². The lowest BCUT2D eigenvalue weighted by molar-refractivity contribution is 0.318. The first-order valence-corrected chi connectivity index (χ1v) is 6.17. The Hall–Kier alpha value is -2.56. The minimum absolute atomic E-state index is 0.0499. The maximum atomic E-state index is 13.7. The number of anilines is 1. The molecule has 104 valence electrons. The standard InChI is InChI=1S/C15H16FN3O/c1-10-4-2-7-13(16)14(10)18-9-11-5-3-6-12(8-11)15(17)19-20/h2-8,18,20H,9H2,1H3,(H2,17,19). The Kier molecular flexibility index (Phi) is 4.20. The topological polar surface area (TPSA) is 70.6 Å². The molecule has 2 aromatic rings. The van der Waals surface area contributed by atoms with Gasteiger partial charge < -0.3 is 16.3 Å². The van der Waals surface area contributed by atoms with Crippen LogP contribution >= 0.6 is 0 Å². The Morgan fingerprint density at radius 1 is 1.30 bits per heavy atom. The molecule has 4 N–H and O–H groups in total. The fourth-order valence-electron chi connectivity index (χ4n) is 1.94. The summed E-state index contributed by atoms with van der Waals surface area (Å²) in [5.41, 5.74) is 8.41. The van der Waals surface area contributed by atoms with Crippen molar-refractivity contribution in [3.8, 4) is 0 Å². The van der Waals surface area contributed by atoms with Crippen LogP contribution in [0.1, 0.15) is 16.7 Å². The zero-order valence-corrected chi connectivity index (χ0v) is 11.1. The van der Waals surface area contributed by atoms with Crippen LogP contribution in [-0.4, -0.2) is 11.0 Å². The predicted octanol–water partition coefficient (Wildman–Crippen LogP) is 2.84. The van der Waals surface area contributed by atoms with E-state index in [-0.39, 0.29) is 11.7 Å². The zero-order valence-electron chi connectivity index (χ0n) is 11.1. The summed E-state index contributed by atoms with van der Waals surface area (Å²) in [6.07, 6.45) is 0. The number of oxime groups is 1. The van der Waals surface area contributed by atoms with E-state index in [2.05, 4.69) is 10.5 Å². The first kappa shape index (κ1) is 13.9. The first-order valence-electron chi connectivity index (χ1n) is 6.17. The third kappa shape index (κ3) is 3.06. The van der Waals surface area contributed by atoms with Gasteiger partial charge in [0.1, 0.15) is 5.82 Å². The fraction of sp³-hybridized carbons (Fsp3) is 0.133. The molecule has 20 heavy (non-hydrogen) atoms. The quantitative estimate of drug-likeness (QED) is 0.347. The molecule has 2 rings (SSSR count). The second-order valence-corrected chi connectivity index (χ2v) is 4.47. The van der Waals surface area contributed by atoms with Crippen molar-refractivity contribution in [2.75, 3.05) is 5.32 Å². The Balaban J connectivity index is 2.15. The van der Waals surface area contributed by atoms with Gasteiger partial charge in [-0.25, -0.2) is 4.39 Å². The molecule has 0 fully saturated rings. The largest absolute Gasteiger partial charge is 0.409 e. The molecule has 0 unspecified atom stereocenters. The molecule has 0 saturated carbocycles. The Bertz CT molecular complexity index is 621. The smallest absolute Gasteiger partial charge is 0.170 e.